The average molecular weight is 387 g/mol. The molecule has 1 amide bonds. The van der Waals surface area contributed by atoms with E-state index in [0.717, 1.165) is 18.4 Å². The van der Waals surface area contributed by atoms with Crippen LogP contribution in [0.1, 0.15) is 28.8 Å². The predicted octanol–water partition coefficient (Wildman–Crippen LogP) is 4.58. The number of hydrogen-bond acceptors (Lipinski definition) is 4. The Bertz CT molecular complexity index is 1020. The van der Waals surface area contributed by atoms with Crippen LogP contribution in [0, 0.1) is 0 Å². The minimum atomic E-state index is -0.530. The highest BCUT2D eigenvalue weighted by molar-refractivity contribution is 6.06. The number of esters is 1. The van der Waals surface area contributed by atoms with Gasteiger partial charge >= 0.3 is 5.97 Å². The number of hydrogen-bond donors (Lipinski definition) is 1. The molecule has 0 atom stereocenters. The molecular weight excluding hydrogens is 366 g/mol. The Morgan fingerprint density at radius 1 is 0.862 bits per heavy atom. The van der Waals surface area contributed by atoms with Gasteiger partial charge in [0.05, 0.1) is 18.1 Å². The summed E-state index contributed by atoms with van der Waals surface area (Å²) < 4.78 is 10.8. The highest BCUT2D eigenvalue weighted by atomic mass is 16.5. The molecule has 0 spiro atoms. The van der Waals surface area contributed by atoms with Gasteiger partial charge in [-0.2, -0.15) is 0 Å². The van der Waals surface area contributed by atoms with Crippen LogP contribution in [0.4, 0.5) is 5.69 Å². The molecule has 5 heteroatoms. The summed E-state index contributed by atoms with van der Waals surface area (Å²) in [6, 6.07) is 23.5. The van der Waals surface area contributed by atoms with Crippen LogP contribution >= 0.6 is 0 Å². The molecule has 1 fully saturated rings. The molecule has 0 unspecified atom stereocenters. The minimum Gasteiger partial charge on any atom is -0.496 e. The molecule has 1 aliphatic carbocycles. The fraction of sp³-hybridized carbons (Fsp3) is 0.167. The first kappa shape index (κ1) is 18.7. The Labute approximate surface area is 169 Å². The Morgan fingerprint density at radius 2 is 1.52 bits per heavy atom. The number of para-hydroxylation sites is 1. The maximum absolute atomic E-state index is 12.7. The maximum atomic E-state index is 12.7. The first-order chi connectivity index (χ1) is 14.1. The average Bonchev–Trinajstić information content (AvgIpc) is 3.58. The molecule has 0 aliphatic heterocycles. The molecule has 29 heavy (non-hydrogen) atoms. The van der Waals surface area contributed by atoms with Gasteiger partial charge in [0, 0.05) is 5.69 Å². The smallest absolute Gasteiger partial charge is 0.321 e. The van der Waals surface area contributed by atoms with Crippen LogP contribution in [0.5, 0.6) is 11.5 Å². The summed E-state index contributed by atoms with van der Waals surface area (Å²) in [7, 11) is 1.53. The quantitative estimate of drug-likeness (QED) is 0.496. The maximum Gasteiger partial charge on any atom is 0.321 e. The highest BCUT2D eigenvalue weighted by Gasteiger charge is 2.52. The van der Waals surface area contributed by atoms with Crippen molar-refractivity contribution in [2.45, 2.75) is 18.3 Å². The largest absolute Gasteiger partial charge is 0.496 e. The number of carbonyl (C=O) groups is 2. The molecule has 3 aromatic rings. The van der Waals surface area contributed by atoms with Crippen molar-refractivity contribution in [3.05, 3.63) is 90.0 Å². The lowest BCUT2D eigenvalue weighted by atomic mass is 9.96. The monoisotopic (exact) mass is 387 g/mol. The molecule has 0 aromatic heterocycles. The number of rotatable bonds is 6. The molecule has 0 heterocycles. The Morgan fingerprint density at radius 3 is 2.17 bits per heavy atom. The van der Waals surface area contributed by atoms with Gasteiger partial charge in [0.2, 0.25) is 0 Å². The van der Waals surface area contributed by atoms with Gasteiger partial charge < -0.3 is 14.8 Å². The van der Waals surface area contributed by atoms with E-state index in [4.69, 9.17) is 9.47 Å². The van der Waals surface area contributed by atoms with E-state index >= 15 is 0 Å². The van der Waals surface area contributed by atoms with Crippen LogP contribution in [-0.4, -0.2) is 19.0 Å². The molecular formula is C24H21NO4. The van der Waals surface area contributed by atoms with Crippen molar-refractivity contribution >= 4 is 17.6 Å². The van der Waals surface area contributed by atoms with Crippen molar-refractivity contribution in [2.24, 2.45) is 0 Å². The lowest BCUT2D eigenvalue weighted by molar-refractivity contribution is -0.137. The molecule has 3 aromatic carbocycles. The fourth-order valence-electron chi connectivity index (χ4n) is 3.33. The first-order valence-corrected chi connectivity index (χ1v) is 9.45. The van der Waals surface area contributed by atoms with Gasteiger partial charge in [-0.25, -0.2) is 0 Å². The zero-order chi connectivity index (χ0) is 20.3. The van der Waals surface area contributed by atoms with Gasteiger partial charge in [0.25, 0.3) is 5.91 Å². The van der Waals surface area contributed by atoms with E-state index in [9.17, 15) is 9.59 Å². The Balaban J connectivity index is 1.42. The summed E-state index contributed by atoms with van der Waals surface area (Å²) in [6.45, 7) is 0. The van der Waals surface area contributed by atoms with Crippen molar-refractivity contribution in [2.75, 3.05) is 12.4 Å². The number of nitrogens with one attached hydrogen (secondary N) is 1. The number of anilines is 1. The standard InChI is InChI=1S/C24H21NO4/c1-28-21-10-6-5-9-20(21)22(26)25-18-11-13-19(14-12-18)29-23(27)24(15-16-24)17-7-3-2-4-8-17/h2-14H,15-16H2,1H3,(H,25,26). The van der Waals surface area contributed by atoms with Crippen molar-refractivity contribution in [3.63, 3.8) is 0 Å². The van der Waals surface area contributed by atoms with Gasteiger partial charge in [0.1, 0.15) is 11.5 Å². The SMILES string of the molecule is COc1ccccc1C(=O)Nc1ccc(OC(=O)C2(c3ccccc3)CC2)cc1. The molecule has 4 rings (SSSR count). The minimum absolute atomic E-state index is 0.241. The summed E-state index contributed by atoms with van der Waals surface area (Å²) in [4.78, 5) is 25.2. The molecule has 1 saturated carbocycles. The Kier molecular flexibility index (Phi) is 5.04. The van der Waals surface area contributed by atoms with Crippen LogP contribution < -0.4 is 14.8 Å². The molecule has 5 nitrogen and oxygen atoms in total. The molecule has 0 radical (unpaired) electrons. The van der Waals surface area contributed by atoms with E-state index in [1.165, 1.54) is 7.11 Å². The first-order valence-electron chi connectivity index (χ1n) is 9.45. The van der Waals surface area contributed by atoms with Crippen molar-refractivity contribution < 1.29 is 19.1 Å². The third-order valence-electron chi connectivity index (χ3n) is 5.14. The van der Waals surface area contributed by atoms with Crippen molar-refractivity contribution in [3.8, 4) is 11.5 Å². The van der Waals surface area contributed by atoms with Crippen LogP contribution in [0.3, 0.4) is 0 Å². The lowest BCUT2D eigenvalue weighted by Crippen LogP contribution is -2.25. The second-order valence-corrected chi connectivity index (χ2v) is 7.02. The molecule has 1 N–H and O–H groups in total. The third kappa shape index (κ3) is 3.85. The summed E-state index contributed by atoms with van der Waals surface area (Å²) >= 11 is 0. The van der Waals surface area contributed by atoms with E-state index < -0.39 is 5.41 Å². The van der Waals surface area contributed by atoms with Gasteiger partial charge in [-0.1, -0.05) is 42.5 Å². The predicted molar refractivity (Wildman–Crippen MR) is 110 cm³/mol. The van der Waals surface area contributed by atoms with E-state index in [0.29, 0.717) is 22.7 Å². The van der Waals surface area contributed by atoms with Crippen molar-refractivity contribution in [1.82, 2.24) is 0 Å². The number of methoxy groups -OCH3 is 1. The summed E-state index contributed by atoms with van der Waals surface area (Å²) in [5, 5.41) is 2.82. The van der Waals surface area contributed by atoms with Gasteiger partial charge in [-0.05, 0) is 54.8 Å². The van der Waals surface area contributed by atoms with Crippen LogP contribution in [-0.2, 0) is 10.2 Å². The summed E-state index contributed by atoms with van der Waals surface area (Å²) in [5.74, 6) is 0.446. The third-order valence-corrected chi connectivity index (χ3v) is 5.14. The van der Waals surface area contributed by atoms with E-state index in [-0.39, 0.29) is 11.9 Å². The van der Waals surface area contributed by atoms with E-state index in [2.05, 4.69) is 5.32 Å². The summed E-state index contributed by atoms with van der Waals surface area (Å²) in [6.07, 6.45) is 1.59. The van der Waals surface area contributed by atoms with Crippen LogP contribution in [0.2, 0.25) is 0 Å². The van der Waals surface area contributed by atoms with Gasteiger partial charge in [0.15, 0.2) is 0 Å². The van der Waals surface area contributed by atoms with Crippen LogP contribution in [0.15, 0.2) is 78.9 Å². The van der Waals surface area contributed by atoms with Crippen LogP contribution in [0.25, 0.3) is 0 Å². The Hall–Kier alpha value is -3.60. The zero-order valence-electron chi connectivity index (χ0n) is 16.1. The molecule has 0 saturated heterocycles. The number of carbonyl (C=O) groups excluding carboxylic acids is 2. The normalized spacial score (nSPS) is 14.0. The summed E-state index contributed by atoms with van der Waals surface area (Å²) in [5.41, 5.74) is 1.51. The second-order valence-electron chi connectivity index (χ2n) is 7.02. The van der Waals surface area contributed by atoms with Crippen molar-refractivity contribution in [1.29, 1.82) is 0 Å². The van der Waals surface area contributed by atoms with E-state index in [1.54, 1.807) is 48.5 Å². The number of benzene rings is 3. The van der Waals surface area contributed by atoms with Gasteiger partial charge in [-0.15, -0.1) is 0 Å². The fourth-order valence-corrected chi connectivity index (χ4v) is 3.33. The number of ether oxygens (including phenoxy) is 2. The molecule has 146 valence electrons. The topological polar surface area (TPSA) is 64.6 Å². The number of amides is 1. The molecule has 0 bridgehead atoms. The highest BCUT2D eigenvalue weighted by Crippen LogP contribution is 2.49. The lowest BCUT2D eigenvalue weighted by Gasteiger charge is -2.15. The van der Waals surface area contributed by atoms with E-state index in [1.807, 2.05) is 30.3 Å². The molecule has 1 aliphatic rings. The second kappa shape index (κ2) is 7.80. The van der Waals surface area contributed by atoms with Gasteiger partial charge in [-0.3, -0.25) is 9.59 Å². The zero-order valence-corrected chi connectivity index (χ0v) is 16.1.